The van der Waals surface area contributed by atoms with E-state index in [2.05, 4.69) is 0 Å². The molecule has 1 aliphatic heterocycles. The highest BCUT2D eigenvalue weighted by Crippen LogP contribution is 2.26. The number of nitrogens with two attached hydrogens (primary N) is 1. The Bertz CT molecular complexity index is 652. The second-order valence-corrected chi connectivity index (χ2v) is 6.55. The lowest BCUT2D eigenvalue weighted by Gasteiger charge is -2.43. The summed E-state index contributed by atoms with van der Waals surface area (Å²) in [7, 11) is 1.63. The van der Waals surface area contributed by atoms with Crippen LogP contribution in [-0.4, -0.2) is 37.8 Å². The molecule has 2 aromatic carbocycles. The molecule has 0 spiro atoms. The van der Waals surface area contributed by atoms with E-state index >= 15 is 0 Å². The molecule has 5 nitrogen and oxygen atoms in total. The summed E-state index contributed by atoms with van der Waals surface area (Å²) in [6, 6.07) is 19.7. The van der Waals surface area contributed by atoms with Crippen molar-refractivity contribution in [1.29, 1.82) is 0 Å². The van der Waals surface area contributed by atoms with Crippen LogP contribution in [0.4, 0.5) is 0 Å². The van der Waals surface area contributed by atoms with Gasteiger partial charge in [-0.25, -0.2) is 0 Å². The second kappa shape index (κ2) is 9.26. The first-order chi connectivity index (χ1) is 12.7. The highest BCUT2D eigenvalue weighted by Gasteiger charge is 2.44. The van der Waals surface area contributed by atoms with Crippen LogP contribution in [0.5, 0.6) is 0 Å². The Hall–Kier alpha value is -1.76. The topological polar surface area (TPSA) is 62.9 Å². The summed E-state index contributed by atoms with van der Waals surface area (Å²) < 4.78 is 23.7. The molecule has 0 aliphatic carbocycles. The fourth-order valence-electron chi connectivity index (χ4n) is 3.13. The van der Waals surface area contributed by atoms with Gasteiger partial charge in [0.2, 0.25) is 0 Å². The average Bonchev–Trinajstić information content (AvgIpc) is 2.69. The van der Waals surface area contributed by atoms with Crippen LogP contribution in [0.15, 0.2) is 60.7 Å². The van der Waals surface area contributed by atoms with Crippen LogP contribution < -0.4 is 5.73 Å². The summed E-state index contributed by atoms with van der Waals surface area (Å²) >= 11 is 0. The van der Waals surface area contributed by atoms with Crippen LogP contribution in [0.2, 0.25) is 0 Å². The standard InChI is InChI=1S/C21H27NO4/c1-15-18(22)19(24-13-16-9-5-3-6-10-16)20(23-2)21(26-15)25-14-17-11-7-4-8-12-17/h3-12,15,18-21H,13-14,22H2,1-2H3/t15-,18-,19+,20-,21-/m1/s1. The maximum absolute atomic E-state index is 6.34. The Morgan fingerprint density at radius 2 is 1.38 bits per heavy atom. The Kier molecular flexibility index (Phi) is 6.77. The molecule has 5 heteroatoms. The van der Waals surface area contributed by atoms with Crippen molar-refractivity contribution in [2.45, 2.75) is 50.8 Å². The van der Waals surface area contributed by atoms with Crippen LogP contribution in [0.1, 0.15) is 18.1 Å². The van der Waals surface area contributed by atoms with Crippen molar-refractivity contribution in [2.75, 3.05) is 7.11 Å². The summed E-state index contributed by atoms with van der Waals surface area (Å²) in [5.41, 5.74) is 8.51. The minimum atomic E-state index is -0.532. The Morgan fingerprint density at radius 3 is 1.92 bits per heavy atom. The van der Waals surface area contributed by atoms with Gasteiger partial charge in [0.05, 0.1) is 25.4 Å². The van der Waals surface area contributed by atoms with Crippen LogP contribution >= 0.6 is 0 Å². The van der Waals surface area contributed by atoms with E-state index in [1.165, 1.54) is 0 Å². The van der Waals surface area contributed by atoms with Crippen LogP contribution in [0.25, 0.3) is 0 Å². The number of methoxy groups -OCH3 is 1. The van der Waals surface area contributed by atoms with Crippen LogP contribution in [-0.2, 0) is 32.2 Å². The molecule has 1 heterocycles. The van der Waals surface area contributed by atoms with E-state index in [1.54, 1.807) is 7.11 Å². The molecule has 0 aromatic heterocycles. The van der Waals surface area contributed by atoms with E-state index in [9.17, 15) is 0 Å². The molecule has 1 aliphatic rings. The monoisotopic (exact) mass is 357 g/mol. The predicted molar refractivity (Wildman–Crippen MR) is 99.4 cm³/mol. The van der Waals surface area contributed by atoms with Crippen molar-refractivity contribution in [3.05, 3.63) is 71.8 Å². The number of benzene rings is 2. The lowest BCUT2D eigenvalue weighted by molar-refractivity contribution is -0.286. The molecule has 0 bridgehead atoms. The van der Waals surface area contributed by atoms with Gasteiger partial charge in [-0.05, 0) is 18.1 Å². The molecule has 5 atom stereocenters. The highest BCUT2D eigenvalue weighted by molar-refractivity contribution is 5.14. The zero-order valence-electron chi connectivity index (χ0n) is 15.3. The molecule has 0 unspecified atom stereocenters. The molecular formula is C21H27NO4. The van der Waals surface area contributed by atoms with Crippen molar-refractivity contribution in [3.63, 3.8) is 0 Å². The highest BCUT2D eigenvalue weighted by atomic mass is 16.7. The summed E-state index contributed by atoms with van der Waals surface area (Å²) in [6.07, 6.45) is -1.43. The number of hydrogen-bond acceptors (Lipinski definition) is 5. The minimum Gasteiger partial charge on any atom is -0.373 e. The first-order valence-corrected chi connectivity index (χ1v) is 8.94. The summed E-state index contributed by atoms with van der Waals surface area (Å²) in [6.45, 7) is 2.85. The lowest BCUT2D eigenvalue weighted by Crippen LogP contribution is -2.62. The third-order valence-corrected chi connectivity index (χ3v) is 4.68. The second-order valence-electron chi connectivity index (χ2n) is 6.55. The molecule has 1 saturated heterocycles. The smallest absolute Gasteiger partial charge is 0.187 e. The fourth-order valence-corrected chi connectivity index (χ4v) is 3.13. The molecule has 0 amide bonds. The normalized spacial score (nSPS) is 28.8. The van der Waals surface area contributed by atoms with E-state index in [-0.39, 0.29) is 18.2 Å². The molecule has 2 N–H and O–H groups in total. The predicted octanol–water partition coefficient (Wildman–Crippen LogP) is 2.88. The SMILES string of the molecule is CO[C@H]1[C@H](OCc2ccccc2)O[C@H](C)[C@@H](N)[C@@H]1OCc1ccccc1. The Labute approximate surface area is 155 Å². The lowest BCUT2D eigenvalue weighted by atomic mass is 9.97. The van der Waals surface area contributed by atoms with E-state index in [0.717, 1.165) is 11.1 Å². The molecule has 0 radical (unpaired) electrons. The van der Waals surface area contributed by atoms with Crippen molar-refractivity contribution in [1.82, 2.24) is 0 Å². The maximum Gasteiger partial charge on any atom is 0.187 e. The number of hydrogen-bond donors (Lipinski definition) is 1. The van der Waals surface area contributed by atoms with Crippen LogP contribution in [0.3, 0.4) is 0 Å². The van der Waals surface area contributed by atoms with Gasteiger partial charge in [-0.3, -0.25) is 0 Å². The zero-order chi connectivity index (χ0) is 18.4. The molecule has 1 fully saturated rings. The maximum atomic E-state index is 6.34. The Morgan fingerprint density at radius 1 is 0.846 bits per heavy atom. The summed E-state index contributed by atoms with van der Waals surface area (Å²) in [5.74, 6) is 0. The third kappa shape index (κ3) is 4.69. The molecular weight excluding hydrogens is 330 g/mol. The van der Waals surface area contributed by atoms with Crippen molar-refractivity contribution >= 4 is 0 Å². The van der Waals surface area contributed by atoms with Crippen molar-refractivity contribution < 1.29 is 18.9 Å². The van der Waals surface area contributed by atoms with Gasteiger partial charge < -0.3 is 24.7 Å². The number of rotatable bonds is 7. The first kappa shape index (κ1) is 19.0. The van der Waals surface area contributed by atoms with Crippen molar-refractivity contribution in [2.24, 2.45) is 5.73 Å². The van der Waals surface area contributed by atoms with E-state index in [0.29, 0.717) is 13.2 Å². The van der Waals surface area contributed by atoms with Gasteiger partial charge in [0.1, 0.15) is 12.2 Å². The van der Waals surface area contributed by atoms with Crippen molar-refractivity contribution in [3.8, 4) is 0 Å². The summed E-state index contributed by atoms with van der Waals surface area (Å²) in [5, 5.41) is 0. The number of ether oxygens (including phenoxy) is 4. The summed E-state index contributed by atoms with van der Waals surface area (Å²) in [4.78, 5) is 0. The van der Waals surface area contributed by atoms with E-state index in [1.807, 2.05) is 67.6 Å². The average molecular weight is 357 g/mol. The van der Waals surface area contributed by atoms with Gasteiger partial charge in [0.15, 0.2) is 6.29 Å². The van der Waals surface area contributed by atoms with Gasteiger partial charge in [-0.15, -0.1) is 0 Å². The van der Waals surface area contributed by atoms with Gasteiger partial charge >= 0.3 is 0 Å². The first-order valence-electron chi connectivity index (χ1n) is 8.94. The molecule has 140 valence electrons. The molecule has 26 heavy (non-hydrogen) atoms. The molecule has 2 aromatic rings. The van der Waals surface area contributed by atoms with E-state index in [4.69, 9.17) is 24.7 Å². The van der Waals surface area contributed by atoms with Crippen LogP contribution in [0, 0.1) is 0 Å². The third-order valence-electron chi connectivity index (χ3n) is 4.68. The van der Waals surface area contributed by atoms with Gasteiger partial charge in [-0.2, -0.15) is 0 Å². The van der Waals surface area contributed by atoms with E-state index < -0.39 is 12.4 Å². The van der Waals surface area contributed by atoms with Gasteiger partial charge in [0.25, 0.3) is 0 Å². The quantitative estimate of drug-likeness (QED) is 0.826. The zero-order valence-corrected chi connectivity index (χ0v) is 15.3. The molecule has 0 saturated carbocycles. The Balaban J connectivity index is 1.66. The largest absolute Gasteiger partial charge is 0.373 e. The van der Waals surface area contributed by atoms with Gasteiger partial charge in [0, 0.05) is 7.11 Å². The fraction of sp³-hybridized carbons (Fsp3) is 0.429. The minimum absolute atomic E-state index is 0.192. The van der Waals surface area contributed by atoms with Gasteiger partial charge in [-0.1, -0.05) is 60.7 Å². The molecule has 3 rings (SSSR count).